The van der Waals surface area contributed by atoms with Crippen LogP contribution in [0.2, 0.25) is 0 Å². The van der Waals surface area contributed by atoms with E-state index in [-0.39, 0.29) is 18.0 Å². The second-order valence-electron chi connectivity index (χ2n) is 6.29. The number of aromatic carboxylic acids is 1. The number of carboxylic acid groups (broad SMARTS) is 1. The van der Waals surface area contributed by atoms with Gasteiger partial charge in [0.25, 0.3) is 5.91 Å². The van der Waals surface area contributed by atoms with E-state index in [1.807, 2.05) is 36.4 Å². The minimum absolute atomic E-state index is 0.175. The number of benzene rings is 3. The van der Waals surface area contributed by atoms with Crippen LogP contribution in [0.1, 0.15) is 37.4 Å². The number of nitrogens with one attached hydrogen (secondary N) is 1. The Morgan fingerprint density at radius 2 is 1.30 bits per heavy atom. The molecule has 0 heterocycles. The fraction of sp³-hybridized carbons (Fsp3) is 0.130. The zero-order valence-electron chi connectivity index (χ0n) is 14.9. The lowest BCUT2D eigenvalue weighted by atomic mass is 9.99. The van der Waals surface area contributed by atoms with Crippen LogP contribution < -0.4 is 5.32 Å². The Labute approximate surface area is 158 Å². The van der Waals surface area contributed by atoms with E-state index in [0.717, 1.165) is 18.4 Å². The lowest BCUT2D eigenvalue weighted by Gasteiger charge is -2.11. The second-order valence-corrected chi connectivity index (χ2v) is 6.29. The summed E-state index contributed by atoms with van der Waals surface area (Å²) in [5, 5.41) is 12.1. The third-order valence-corrected chi connectivity index (χ3v) is 4.47. The molecule has 0 saturated heterocycles. The minimum atomic E-state index is -0.997. The van der Waals surface area contributed by atoms with Gasteiger partial charge in [-0.3, -0.25) is 4.79 Å². The maximum atomic E-state index is 12.7. The fourth-order valence-electron chi connectivity index (χ4n) is 3.04. The van der Waals surface area contributed by atoms with Crippen LogP contribution in [0.25, 0.3) is 0 Å². The number of aryl methyl sites for hydroxylation is 2. The van der Waals surface area contributed by atoms with Gasteiger partial charge in [0.15, 0.2) is 0 Å². The van der Waals surface area contributed by atoms with E-state index in [2.05, 4.69) is 17.4 Å². The van der Waals surface area contributed by atoms with E-state index in [4.69, 9.17) is 0 Å². The van der Waals surface area contributed by atoms with Crippen LogP contribution >= 0.6 is 0 Å². The van der Waals surface area contributed by atoms with Gasteiger partial charge in [-0.2, -0.15) is 0 Å². The highest BCUT2D eigenvalue weighted by Gasteiger charge is 2.13. The zero-order valence-corrected chi connectivity index (χ0v) is 14.9. The zero-order chi connectivity index (χ0) is 19.1. The van der Waals surface area contributed by atoms with E-state index >= 15 is 0 Å². The highest BCUT2D eigenvalue weighted by molar-refractivity contribution is 5.96. The Morgan fingerprint density at radius 3 is 2.00 bits per heavy atom. The first kappa shape index (κ1) is 18.4. The molecule has 0 saturated carbocycles. The van der Waals surface area contributed by atoms with Gasteiger partial charge in [0.1, 0.15) is 0 Å². The van der Waals surface area contributed by atoms with Gasteiger partial charge in [-0.1, -0.05) is 66.7 Å². The van der Waals surface area contributed by atoms with Gasteiger partial charge in [-0.15, -0.1) is 0 Å². The Balaban J connectivity index is 1.69. The van der Waals surface area contributed by atoms with Crippen LogP contribution in [0.4, 0.5) is 0 Å². The van der Waals surface area contributed by atoms with Crippen molar-refractivity contribution in [3.05, 3.63) is 107 Å². The number of amides is 1. The van der Waals surface area contributed by atoms with Crippen molar-refractivity contribution in [3.8, 4) is 0 Å². The lowest BCUT2D eigenvalue weighted by molar-refractivity contribution is 0.0694. The summed E-state index contributed by atoms with van der Waals surface area (Å²) in [4.78, 5) is 24.0. The van der Waals surface area contributed by atoms with E-state index in [9.17, 15) is 14.7 Å². The Hall–Kier alpha value is -3.40. The largest absolute Gasteiger partial charge is 0.478 e. The van der Waals surface area contributed by atoms with E-state index in [1.165, 1.54) is 11.6 Å². The topological polar surface area (TPSA) is 66.4 Å². The molecular weight excluding hydrogens is 338 g/mol. The van der Waals surface area contributed by atoms with Crippen LogP contribution in [-0.4, -0.2) is 17.0 Å². The number of carbonyl (C=O) groups is 2. The summed E-state index contributed by atoms with van der Waals surface area (Å²) in [6.07, 6.45) is 1.62. The summed E-state index contributed by atoms with van der Waals surface area (Å²) in [6, 6.07) is 24.4. The summed E-state index contributed by atoms with van der Waals surface area (Å²) >= 11 is 0. The van der Waals surface area contributed by atoms with Crippen molar-refractivity contribution in [2.75, 3.05) is 0 Å². The van der Waals surface area contributed by atoms with Crippen molar-refractivity contribution < 1.29 is 14.7 Å². The van der Waals surface area contributed by atoms with Gasteiger partial charge in [0.05, 0.1) is 5.56 Å². The number of rotatable bonds is 7. The predicted molar refractivity (Wildman–Crippen MR) is 105 cm³/mol. The highest BCUT2D eigenvalue weighted by Crippen LogP contribution is 2.14. The van der Waals surface area contributed by atoms with Gasteiger partial charge >= 0.3 is 5.97 Å². The molecule has 1 amide bonds. The van der Waals surface area contributed by atoms with Crippen LogP contribution in [0.5, 0.6) is 0 Å². The number of hydrogen-bond acceptors (Lipinski definition) is 2. The highest BCUT2D eigenvalue weighted by atomic mass is 16.4. The van der Waals surface area contributed by atoms with Gasteiger partial charge < -0.3 is 10.4 Å². The van der Waals surface area contributed by atoms with Crippen molar-refractivity contribution in [1.29, 1.82) is 0 Å². The maximum absolute atomic E-state index is 12.7. The normalized spacial score (nSPS) is 10.4. The first-order valence-electron chi connectivity index (χ1n) is 8.86. The Morgan fingerprint density at radius 1 is 0.704 bits per heavy atom. The van der Waals surface area contributed by atoms with Gasteiger partial charge in [-0.25, -0.2) is 4.79 Å². The summed E-state index contributed by atoms with van der Waals surface area (Å²) in [6.45, 7) is 0.175. The van der Waals surface area contributed by atoms with Crippen molar-refractivity contribution in [1.82, 2.24) is 5.32 Å². The molecule has 27 heavy (non-hydrogen) atoms. The van der Waals surface area contributed by atoms with Crippen LogP contribution in [0.15, 0.2) is 78.9 Å². The van der Waals surface area contributed by atoms with Crippen LogP contribution in [0.3, 0.4) is 0 Å². The summed E-state index contributed by atoms with van der Waals surface area (Å²) in [7, 11) is 0. The third kappa shape index (κ3) is 4.82. The smallest absolute Gasteiger partial charge is 0.336 e. The van der Waals surface area contributed by atoms with Gasteiger partial charge in [0, 0.05) is 12.1 Å². The molecule has 2 N–H and O–H groups in total. The number of carbonyl (C=O) groups excluding carboxylic acids is 1. The quantitative estimate of drug-likeness (QED) is 0.667. The predicted octanol–water partition coefficient (Wildman–Crippen LogP) is 4.10. The first-order valence-corrected chi connectivity index (χ1v) is 8.86. The molecule has 4 nitrogen and oxygen atoms in total. The standard InChI is InChI=1S/C23H21NO3/c25-22(24-16-19-11-5-7-13-21(19)23(26)27)20-12-6-4-10-18(20)15-14-17-8-2-1-3-9-17/h1-13H,14-16H2,(H,24,25)(H,26,27). The van der Waals surface area contributed by atoms with Crippen molar-refractivity contribution in [2.24, 2.45) is 0 Å². The van der Waals surface area contributed by atoms with Crippen LogP contribution in [0, 0.1) is 0 Å². The molecule has 0 atom stereocenters. The van der Waals surface area contributed by atoms with Crippen LogP contribution in [-0.2, 0) is 19.4 Å². The summed E-state index contributed by atoms with van der Waals surface area (Å²) in [5.41, 5.74) is 3.62. The molecule has 4 heteroatoms. The molecule has 3 rings (SSSR count). The van der Waals surface area contributed by atoms with Gasteiger partial charge in [0.2, 0.25) is 0 Å². The molecule has 3 aromatic carbocycles. The van der Waals surface area contributed by atoms with E-state index < -0.39 is 5.97 Å². The fourth-order valence-corrected chi connectivity index (χ4v) is 3.04. The number of hydrogen-bond donors (Lipinski definition) is 2. The van der Waals surface area contributed by atoms with Crippen molar-refractivity contribution in [3.63, 3.8) is 0 Å². The van der Waals surface area contributed by atoms with E-state index in [0.29, 0.717) is 11.1 Å². The summed E-state index contributed by atoms with van der Waals surface area (Å²) in [5.74, 6) is -1.19. The summed E-state index contributed by atoms with van der Waals surface area (Å²) < 4.78 is 0. The monoisotopic (exact) mass is 359 g/mol. The first-order chi connectivity index (χ1) is 13.1. The molecule has 0 aliphatic carbocycles. The average Bonchev–Trinajstić information content (AvgIpc) is 2.71. The minimum Gasteiger partial charge on any atom is -0.478 e. The Bertz CT molecular complexity index is 935. The molecule has 0 fully saturated rings. The molecular formula is C23H21NO3. The maximum Gasteiger partial charge on any atom is 0.336 e. The van der Waals surface area contributed by atoms with Crippen molar-refractivity contribution >= 4 is 11.9 Å². The molecule has 0 aliphatic rings. The van der Waals surface area contributed by atoms with Gasteiger partial charge in [-0.05, 0) is 41.7 Å². The molecule has 0 aliphatic heterocycles. The molecule has 0 bridgehead atoms. The van der Waals surface area contributed by atoms with Crippen molar-refractivity contribution in [2.45, 2.75) is 19.4 Å². The molecule has 3 aromatic rings. The SMILES string of the molecule is O=C(O)c1ccccc1CNC(=O)c1ccccc1CCc1ccccc1. The number of carboxylic acids is 1. The molecule has 0 aromatic heterocycles. The Kier molecular flexibility index (Phi) is 6.00. The molecule has 0 spiro atoms. The second kappa shape index (κ2) is 8.81. The lowest BCUT2D eigenvalue weighted by Crippen LogP contribution is -2.25. The third-order valence-electron chi connectivity index (χ3n) is 4.47. The molecule has 0 unspecified atom stereocenters. The molecule has 136 valence electrons. The molecule has 0 radical (unpaired) electrons. The average molecular weight is 359 g/mol. The van der Waals surface area contributed by atoms with E-state index in [1.54, 1.807) is 24.3 Å².